The molecule has 0 aliphatic carbocycles. The maximum absolute atomic E-state index is 13.0. The van der Waals surface area contributed by atoms with E-state index in [2.05, 4.69) is 28.2 Å². The van der Waals surface area contributed by atoms with Crippen LogP contribution in [0.2, 0.25) is 5.02 Å². The molecule has 0 bridgehead atoms. The second-order valence-corrected chi connectivity index (χ2v) is 9.18. The van der Waals surface area contributed by atoms with Gasteiger partial charge in [-0.15, -0.1) is 0 Å². The van der Waals surface area contributed by atoms with Gasteiger partial charge in [-0.2, -0.15) is 0 Å². The lowest BCUT2D eigenvalue weighted by atomic mass is 10.1. The lowest BCUT2D eigenvalue weighted by molar-refractivity contribution is 0.0746. The van der Waals surface area contributed by atoms with Crippen LogP contribution in [0.1, 0.15) is 10.4 Å². The van der Waals surface area contributed by atoms with E-state index in [1.165, 1.54) is 0 Å². The largest absolute Gasteiger partial charge is 0.352 e. The highest BCUT2D eigenvalue weighted by atomic mass is 35.5. The number of aromatic nitrogens is 3. The number of carbonyl (C=O) groups is 1. The van der Waals surface area contributed by atoms with Gasteiger partial charge in [-0.1, -0.05) is 72.3 Å². The van der Waals surface area contributed by atoms with Crippen molar-refractivity contribution in [2.75, 3.05) is 31.1 Å². The maximum atomic E-state index is 13.0. The molecule has 1 fully saturated rings. The van der Waals surface area contributed by atoms with Gasteiger partial charge in [0.2, 0.25) is 0 Å². The molecule has 178 valence electrons. The number of nitrogens with zero attached hydrogens (tertiary/aromatic N) is 5. The fourth-order valence-corrected chi connectivity index (χ4v) is 5.06. The summed E-state index contributed by atoms with van der Waals surface area (Å²) < 4.78 is 2.04. The fourth-order valence-electron chi connectivity index (χ4n) is 4.84. The van der Waals surface area contributed by atoms with Crippen LogP contribution in [0.5, 0.6) is 0 Å². The van der Waals surface area contributed by atoms with Crippen LogP contribution in [-0.4, -0.2) is 51.5 Å². The van der Waals surface area contributed by atoms with Crippen molar-refractivity contribution < 1.29 is 4.79 Å². The third-order valence-corrected chi connectivity index (χ3v) is 6.97. The summed E-state index contributed by atoms with van der Waals surface area (Å²) in [7, 11) is 0. The van der Waals surface area contributed by atoms with Gasteiger partial charge in [-0.25, -0.2) is 9.97 Å². The Kier molecular flexibility index (Phi) is 5.87. The van der Waals surface area contributed by atoms with Gasteiger partial charge in [0.15, 0.2) is 5.65 Å². The van der Waals surface area contributed by atoms with E-state index in [4.69, 9.17) is 16.6 Å². The number of carbonyl (C=O) groups excluding carboxylic acids is 1. The quantitative estimate of drug-likeness (QED) is 0.322. The van der Waals surface area contributed by atoms with Crippen LogP contribution in [-0.2, 0) is 0 Å². The average molecular weight is 494 g/mol. The highest BCUT2D eigenvalue weighted by molar-refractivity contribution is 6.32. The van der Waals surface area contributed by atoms with E-state index in [9.17, 15) is 4.79 Å². The van der Waals surface area contributed by atoms with Crippen LogP contribution in [0, 0.1) is 0 Å². The van der Waals surface area contributed by atoms with E-state index >= 15 is 0 Å². The Balaban J connectivity index is 1.40. The molecule has 3 heterocycles. The predicted octanol–water partition coefficient (Wildman–Crippen LogP) is 5.70. The molecular formula is C29H24ClN5O. The zero-order chi connectivity index (χ0) is 24.5. The minimum atomic E-state index is 0.0675. The molecule has 0 atom stereocenters. The predicted molar refractivity (Wildman–Crippen MR) is 144 cm³/mol. The van der Waals surface area contributed by atoms with E-state index in [0.717, 1.165) is 39.2 Å². The molecule has 3 aromatic carbocycles. The van der Waals surface area contributed by atoms with Crippen molar-refractivity contribution in [2.24, 2.45) is 0 Å². The Morgan fingerprint density at radius 2 is 1.44 bits per heavy atom. The minimum Gasteiger partial charge on any atom is -0.352 e. The Morgan fingerprint density at radius 3 is 2.17 bits per heavy atom. The van der Waals surface area contributed by atoms with Crippen LogP contribution in [0.15, 0.2) is 97.5 Å². The van der Waals surface area contributed by atoms with Crippen LogP contribution < -0.4 is 4.90 Å². The average Bonchev–Trinajstić information content (AvgIpc) is 3.34. The zero-order valence-corrected chi connectivity index (χ0v) is 20.3. The monoisotopic (exact) mass is 493 g/mol. The van der Waals surface area contributed by atoms with Gasteiger partial charge >= 0.3 is 0 Å². The molecule has 1 amide bonds. The fraction of sp³-hybridized carbons (Fsp3) is 0.138. The van der Waals surface area contributed by atoms with Crippen molar-refractivity contribution in [3.63, 3.8) is 0 Å². The summed E-state index contributed by atoms with van der Waals surface area (Å²) >= 11 is 6.59. The first kappa shape index (κ1) is 22.3. The lowest BCUT2D eigenvalue weighted by Gasteiger charge is -2.35. The van der Waals surface area contributed by atoms with Crippen molar-refractivity contribution in [1.29, 1.82) is 0 Å². The molecule has 0 saturated carbocycles. The standard InChI is InChI=1S/C29H24ClN5O/c30-24-13-7-8-14-25(24)35-19-23(21-9-3-1-4-10-21)26-27(31-20-32-28(26)35)33-15-17-34(18-16-33)29(36)22-11-5-2-6-12-22/h1-14,19-20H,15-18H2. The number of halogens is 1. The van der Waals surface area contributed by atoms with E-state index in [0.29, 0.717) is 31.2 Å². The summed E-state index contributed by atoms with van der Waals surface area (Å²) in [4.78, 5) is 26.5. The summed E-state index contributed by atoms with van der Waals surface area (Å²) in [6.07, 6.45) is 3.70. The van der Waals surface area contributed by atoms with Crippen molar-refractivity contribution in [2.45, 2.75) is 0 Å². The van der Waals surface area contributed by atoms with Crippen LogP contribution in [0.4, 0.5) is 5.82 Å². The van der Waals surface area contributed by atoms with Gasteiger partial charge in [-0.3, -0.25) is 9.36 Å². The highest BCUT2D eigenvalue weighted by Gasteiger charge is 2.26. The van der Waals surface area contributed by atoms with Gasteiger partial charge in [-0.05, 0) is 29.8 Å². The Hall–Kier alpha value is -4.16. The second-order valence-electron chi connectivity index (χ2n) is 8.77. The van der Waals surface area contributed by atoms with Crippen LogP contribution in [0.25, 0.3) is 27.8 Å². The molecule has 1 aliphatic heterocycles. The molecule has 0 radical (unpaired) electrons. The molecule has 1 aliphatic rings. The summed E-state index contributed by atoms with van der Waals surface area (Å²) in [5.74, 6) is 0.939. The van der Waals surface area contributed by atoms with Gasteiger partial charge < -0.3 is 9.80 Å². The number of hydrogen-bond acceptors (Lipinski definition) is 4. The zero-order valence-electron chi connectivity index (χ0n) is 19.6. The number of rotatable bonds is 4. The van der Waals surface area contributed by atoms with Crippen molar-refractivity contribution in [3.8, 4) is 16.8 Å². The van der Waals surface area contributed by atoms with E-state index in [-0.39, 0.29) is 5.91 Å². The third-order valence-electron chi connectivity index (χ3n) is 6.65. The minimum absolute atomic E-state index is 0.0675. The summed E-state index contributed by atoms with van der Waals surface area (Å²) in [5, 5.41) is 1.63. The van der Waals surface area contributed by atoms with Gasteiger partial charge in [0, 0.05) is 43.5 Å². The molecular weight excluding hydrogens is 470 g/mol. The molecule has 36 heavy (non-hydrogen) atoms. The molecule has 0 unspecified atom stereocenters. The Morgan fingerprint density at radius 1 is 0.778 bits per heavy atom. The molecule has 0 N–H and O–H groups in total. The van der Waals surface area contributed by atoms with Gasteiger partial charge in [0.25, 0.3) is 5.91 Å². The van der Waals surface area contributed by atoms with Crippen molar-refractivity contribution in [1.82, 2.24) is 19.4 Å². The SMILES string of the molecule is O=C(c1ccccc1)N1CCN(c2ncnc3c2c(-c2ccccc2)cn3-c2ccccc2Cl)CC1. The van der Waals surface area contributed by atoms with E-state index in [1.807, 2.05) is 82.3 Å². The van der Waals surface area contributed by atoms with E-state index in [1.54, 1.807) is 6.33 Å². The molecule has 7 heteroatoms. The van der Waals surface area contributed by atoms with Crippen molar-refractivity contribution in [3.05, 3.63) is 108 Å². The number of piperazine rings is 1. The number of para-hydroxylation sites is 1. The Bertz CT molecular complexity index is 1530. The second kappa shape index (κ2) is 9.47. The number of fused-ring (bicyclic) bond motifs is 1. The molecule has 0 spiro atoms. The highest BCUT2D eigenvalue weighted by Crippen LogP contribution is 2.38. The van der Waals surface area contributed by atoms with Gasteiger partial charge in [0.1, 0.15) is 12.1 Å². The Labute approximate surface area is 214 Å². The molecule has 5 aromatic rings. The smallest absolute Gasteiger partial charge is 0.253 e. The number of anilines is 1. The molecule has 1 saturated heterocycles. The van der Waals surface area contributed by atoms with Crippen molar-refractivity contribution >= 4 is 34.4 Å². The van der Waals surface area contributed by atoms with Crippen LogP contribution >= 0.6 is 11.6 Å². The topological polar surface area (TPSA) is 54.3 Å². The lowest BCUT2D eigenvalue weighted by Crippen LogP contribution is -2.49. The normalized spacial score (nSPS) is 13.8. The summed E-state index contributed by atoms with van der Waals surface area (Å²) in [5.41, 5.74) is 4.52. The first-order valence-electron chi connectivity index (χ1n) is 12.0. The van der Waals surface area contributed by atoms with E-state index < -0.39 is 0 Å². The van der Waals surface area contributed by atoms with Gasteiger partial charge in [0.05, 0.1) is 16.1 Å². The maximum Gasteiger partial charge on any atom is 0.253 e. The number of benzene rings is 3. The molecule has 2 aromatic heterocycles. The third kappa shape index (κ3) is 3.99. The first-order valence-corrected chi connectivity index (χ1v) is 12.3. The number of hydrogen-bond donors (Lipinski definition) is 0. The summed E-state index contributed by atoms with van der Waals surface area (Å²) in [6.45, 7) is 2.64. The number of amides is 1. The molecule has 6 rings (SSSR count). The van der Waals surface area contributed by atoms with Crippen LogP contribution in [0.3, 0.4) is 0 Å². The molecule has 6 nitrogen and oxygen atoms in total. The summed E-state index contributed by atoms with van der Waals surface area (Å²) in [6, 6.07) is 27.5. The first-order chi connectivity index (χ1) is 17.7.